The number of esters is 1. The molecule has 1 saturated heterocycles. The zero-order chi connectivity index (χ0) is 15.5. The number of hydrogen-bond acceptors (Lipinski definition) is 5. The van der Waals surface area contributed by atoms with Crippen LogP contribution in [0.4, 0.5) is 0 Å². The van der Waals surface area contributed by atoms with Crippen molar-refractivity contribution in [1.29, 1.82) is 0 Å². The van der Waals surface area contributed by atoms with Crippen molar-refractivity contribution in [1.82, 2.24) is 4.90 Å². The van der Waals surface area contributed by atoms with E-state index in [-0.39, 0.29) is 18.8 Å². The van der Waals surface area contributed by atoms with Crippen LogP contribution in [0, 0.1) is 5.92 Å². The highest BCUT2D eigenvalue weighted by Crippen LogP contribution is 2.20. The molecule has 0 radical (unpaired) electrons. The standard InChI is InChI=1S/C15H27NO4S/c17-14(18)3-1-4-15(19)20-11-7-13-5-9-16(10-6-13)8-2-12-21/h13,21H,1-12H2,(H,17,18). The monoisotopic (exact) mass is 317 g/mol. The number of aliphatic carboxylic acids is 1. The average molecular weight is 317 g/mol. The maximum Gasteiger partial charge on any atom is 0.305 e. The van der Waals surface area contributed by atoms with Gasteiger partial charge in [-0.3, -0.25) is 9.59 Å². The van der Waals surface area contributed by atoms with E-state index in [2.05, 4.69) is 17.5 Å². The number of likely N-dealkylation sites (tertiary alicyclic amines) is 1. The van der Waals surface area contributed by atoms with Gasteiger partial charge in [-0.2, -0.15) is 12.6 Å². The van der Waals surface area contributed by atoms with Crippen LogP contribution in [0.1, 0.15) is 44.9 Å². The van der Waals surface area contributed by atoms with Crippen molar-refractivity contribution in [2.75, 3.05) is 32.0 Å². The number of piperidine rings is 1. The summed E-state index contributed by atoms with van der Waals surface area (Å²) in [6.45, 7) is 3.86. The molecule has 0 aromatic carbocycles. The van der Waals surface area contributed by atoms with Crippen LogP contribution in [0.2, 0.25) is 0 Å². The van der Waals surface area contributed by atoms with Gasteiger partial charge in [0.25, 0.3) is 0 Å². The van der Waals surface area contributed by atoms with E-state index in [4.69, 9.17) is 9.84 Å². The lowest BCUT2D eigenvalue weighted by molar-refractivity contribution is -0.144. The Balaban J connectivity index is 2.01. The highest BCUT2D eigenvalue weighted by molar-refractivity contribution is 7.80. The summed E-state index contributed by atoms with van der Waals surface area (Å²) in [6.07, 6.45) is 4.99. The van der Waals surface area contributed by atoms with Gasteiger partial charge < -0.3 is 14.7 Å². The van der Waals surface area contributed by atoms with Crippen LogP contribution in [-0.4, -0.2) is 53.9 Å². The summed E-state index contributed by atoms with van der Waals surface area (Å²) in [6, 6.07) is 0. The van der Waals surface area contributed by atoms with Crippen LogP contribution in [0.5, 0.6) is 0 Å². The van der Waals surface area contributed by atoms with Crippen LogP contribution >= 0.6 is 12.6 Å². The molecule has 0 atom stereocenters. The minimum Gasteiger partial charge on any atom is -0.481 e. The van der Waals surface area contributed by atoms with E-state index in [0.29, 0.717) is 18.9 Å². The molecule has 21 heavy (non-hydrogen) atoms. The Morgan fingerprint density at radius 3 is 2.52 bits per heavy atom. The number of hydrogen-bond donors (Lipinski definition) is 2. The first-order valence-electron chi connectivity index (χ1n) is 7.82. The fourth-order valence-electron chi connectivity index (χ4n) is 2.59. The van der Waals surface area contributed by atoms with Gasteiger partial charge in [-0.05, 0) is 63.4 Å². The van der Waals surface area contributed by atoms with Gasteiger partial charge in [-0.1, -0.05) is 0 Å². The van der Waals surface area contributed by atoms with Crippen molar-refractivity contribution in [2.24, 2.45) is 5.92 Å². The molecule has 122 valence electrons. The quantitative estimate of drug-likeness (QED) is 0.478. The molecule has 0 aromatic heterocycles. The normalized spacial score (nSPS) is 16.8. The third-order valence-electron chi connectivity index (χ3n) is 3.90. The molecule has 1 aliphatic heterocycles. The van der Waals surface area contributed by atoms with Crippen molar-refractivity contribution >= 4 is 24.6 Å². The molecular weight excluding hydrogens is 290 g/mol. The second kappa shape index (κ2) is 10.9. The first-order valence-corrected chi connectivity index (χ1v) is 8.45. The smallest absolute Gasteiger partial charge is 0.305 e. The zero-order valence-corrected chi connectivity index (χ0v) is 13.5. The van der Waals surface area contributed by atoms with E-state index >= 15 is 0 Å². The topological polar surface area (TPSA) is 66.8 Å². The lowest BCUT2D eigenvalue weighted by Gasteiger charge is -2.31. The third-order valence-corrected chi connectivity index (χ3v) is 4.22. The molecule has 0 aromatic rings. The second-order valence-electron chi connectivity index (χ2n) is 5.62. The molecule has 0 bridgehead atoms. The number of carboxylic acid groups (broad SMARTS) is 1. The fraction of sp³-hybridized carbons (Fsp3) is 0.867. The van der Waals surface area contributed by atoms with Crippen LogP contribution in [-0.2, 0) is 14.3 Å². The van der Waals surface area contributed by atoms with Crippen molar-refractivity contribution in [2.45, 2.75) is 44.9 Å². The maximum absolute atomic E-state index is 11.4. The summed E-state index contributed by atoms with van der Waals surface area (Å²) in [7, 11) is 0. The fourth-order valence-corrected chi connectivity index (χ4v) is 2.73. The van der Waals surface area contributed by atoms with Crippen molar-refractivity contribution in [3.8, 4) is 0 Å². The molecule has 5 nitrogen and oxygen atoms in total. The minimum absolute atomic E-state index is 0.0276. The van der Waals surface area contributed by atoms with E-state index in [1.54, 1.807) is 0 Å². The van der Waals surface area contributed by atoms with Gasteiger partial charge in [-0.15, -0.1) is 0 Å². The number of ether oxygens (including phenoxy) is 1. The van der Waals surface area contributed by atoms with E-state index in [1.807, 2.05) is 0 Å². The largest absolute Gasteiger partial charge is 0.481 e. The summed E-state index contributed by atoms with van der Waals surface area (Å²) in [4.78, 5) is 24.2. The number of rotatable bonds is 10. The van der Waals surface area contributed by atoms with Gasteiger partial charge in [0, 0.05) is 12.8 Å². The number of carbonyl (C=O) groups is 2. The van der Waals surface area contributed by atoms with Gasteiger partial charge in [-0.25, -0.2) is 0 Å². The van der Waals surface area contributed by atoms with Gasteiger partial charge in [0.2, 0.25) is 0 Å². The summed E-state index contributed by atoms with van der Waals surface area (Å²) >= 11 is 4.23. The average Bonchev–Trinajstić information content (AvgIpc) is 2.46. The first kappa shape index (κ1) is 18.3. The Hall–Kier alpha value is -0.750. The molecule has 0 unspecified atom stereocenters. The predicted molar refractivity (Wildman–Crippen MR) is 84.7 cm³/mol. The van der Waals surface area contributed by atoms with E-state index in [9.17, 15) is 9.59 Å². The Labute approximate surface area is 132 Å². The minimum atomic E-state index is -0.868. The molecule has 0 spiro atoms. The SMILES string of the molecule is O=C(O)CCCC(=O)OCCC1CCN(CCCS)CC1. The number of carboxylic acids is 1. The highest BCUT2D eigenvalue weighted by atomic mass is 32.1. The van der Waals surface area contributed by atoms with Crippen molar-refractivity contribution in [3.63, 3.8) is 0 Å². The van der Waals surface area contributed by atoms with Crippen LogP contribution < -0.4 is 0 Å². The molecule has 1 heterocycles. The summed E-state index contributed by atoms with van der Waals surface area (Å²) in [5, 5.41) is 8.49. The molecule has 1 N–H and O–H groups in total. The summed E-state index contributed by atoms with van der Waals surface area (Å²) < 4.78 is 5.16. The first-order chi connectivity index (χ1) is 10.1. The van der Waals surface area contributed by atoms with Crippen LogP contribution in [0.25, 0.3) is 0 Å². The van der Waals surface area contributed by atoms with Crippen molar-refractivity contribution in [3.05, 3.63) is 0 Å². The lowest BCUT2D eigenvalue weighted by atomic mass is 9.94. The molecule has 0 aliphatic carbocycles. The molecule has 6 heteroatoms. The van der Waals surface area contributed by atoms with Gasteiger partial charge in [0.1, 0.15) is 0 Å². The Bertz CT molecular complexity index is 317. The second-order valence-corrected chi connectivity index (χ2v) is 6.07. The molecule has 0 amide bonds. The Morgan fingerprint density at radius 2 is 1.90 bits per heavy atom. The Morgan fingerprint density at radius 1 is 1.19 bits per heavy atom. The molecule has 1 rings (SSSR count). The van der Waals surface area contributed by atoms with E-state index in [1.165, 1.54) is 12.8 Å². The number of carbonyl (C=O) groups excluding carboxylic acids is 1. The molecule has 0 saturated carbocycles. The maximum atomic E-state index is 11.4. The lowest BCUT2D eigenvalue weighted by Crippen LogP contribution is -2.34. The van der Waals surface area contributed by atoms with Gasteiger partial charge in [0.15, 0.2) is 0 Å². The summed E-state index contributed by atoms with van der Waals surface area (Å²) in [5.41, 5.74) is 0. The van der Waals surface area contributed by atoms with Crippen LogP contribution in [0.15, 0.2) is 0 Å². The predicted octanol–water partition coefficient (Wildman–Crippen LogP) is 2.21. The van der Waals surface area contributed by atoms with Crippen molar-refractivity contribution < 1.29 is 19.4 Å². The van der Waals surface area contributed by atoms with Crippen LogP contribution in [0.3, 0.4) is 0 Å². The number of nitrogens with zero attached hydrogens (tertiary/aromatic N) is 1. The Kier molecular flexibility index (Phi) is 9.50. The highest BCUT2D eigenvalue weighted by Gasteiger charge is 2.18. The van der Waals surface area contributed by atoms with Gasteiger partial charge >= 0.3 is 11.9 Å². The molecule has 1 aliphatic rings. The zero-order valence-electron chi connectivity index (χ0n) is 12.6. The van der Waals surface area contributed by atoms with E-state index in [0.717, 1.165) is 38.2 Å². The summed E-state index contributed by atoms with van der Waals surface area (Å²) in [5.74, 6) is 0.441. The number of thiol groups is 1. The molecule has 1 fully saturated rings. The van der Waals surface area contributed by atoms with E-state index < -0.39 is 5.97 Å². The van der Waals surface area contributed by atoms with Gasteiger partial charge in [0.05, 0.1) is 6.61 Å². The molecular formula is C15H27NO4S. The third kappa shape index (κ3) is 8.98.